The van der Waals surface area contributed by atoms with Gasteiger partial charge in [-0.2, -0.15) is 0 Å². The SMILES string of the molecule is O=C(O)/C=C/c1ccc(OCc2ccccc2Oc2ccccc2)cn1. The lowest BCUT2D eigenvalue weighted by atomic mass is 10.2. The second-order valence-corrected chi connectivity index (χ2v) is 5.40. The molecule has 5 heteroatoms. The number of para-hydroxylation sites is 2. The Morgan fingerprint density at radius 2 is 1.73 bits per heavy atom. The van der Waals surface area contributed by atoms with E-state index < -0.39 is 5.97 Å². The van der Waals surface area contributed by atoms with Crippen molar-refractivity contribution in [2.75, 3.05) is 0 Å². The van der Waals surface area contributed by atoms with Crippen molar-refractivity contribution < 1.29 is 19.4 Å². The molecule has 130 valence electrons. The monoisotopic (exact) mass is 347 g/mol. The Kier molecular flexibility index (Phi) is 5.62. The van der Waals surface area contributed by atoms with Crippen molar-refractivity contribution in [2.45, 2.75) is 6.61 Å². The molecule has 0 saturated carbocycles. The summed E-state index contributed by atoms with van der Waals surface area (Å²) in [5.74, 6) is 1.07. The number of ether oxygens (including phenoxy) is 2. The van der Waals surface area contributed by atoms with Gasteiger partial charge in [0.05, 0.1) is 11.9 Å². The van der Waals surface area contributed by atoms with E-state index in [4.69, 9.17) is 14.6 Å². The summed E-state index contributed by atoms with van der Waals surface area (Å²) in [5, 5.41) is 8.62. The van der Waals surface area contributed by atoms with Gasteiger partial charge < -0.3 is 14.6 Å². The fourth-order valence-corrected chi connectivity index (χ4v) is 2.23. The minimum atomic E-state index is -1.01. The molecule has 0 radical (unpaired) electrons. The summed E-state index contributed by atoms with van der Waals surface area (Å²) in [6.45, 7) is 0.328. The Morgan fingerprint density at radius 1 is 0.962 bits per heavy atom. The zero-order valence-electron chi connectivity index (χ0n) is 13.9. The van der Waals surface area contributed by atoms with E-state index in [2.05, 4.69) is 4.98 Å². The van der Waals surface area contributed by atoms with Crippen LogP contribution < -0.4 is 9.47 Å². The van der Waals surface area contributed by atoms with Crippen LogP contribution in [0.2, 0.25) is 0 Å². The second-order valence-electron chi connectivity index (χ2n) is 5.40. The molecule has 2 aromatic carbocycles. The van der Waals surface area contributed by atoms with Gasteiger partial charge in [0, 0.05) is 11.6 Å². The molecule has 0 fully saturated rings. The molecule has 0 aliphatic rings. The third-order valence-corrected chi connectivity index (χ3v) is 3.49. The maximum atomic E-state index is 10.5. The minimum Gasteiger partial charge on any atom is -0.487 e. The number of hydrogen-bond donors (Lipinski definition) is 1. The number of carboxylic acids is 1. The average Bonchev–Trinajstić information content (AvgIpc) is 2.67. The van der Waals surface area contributed by atoms with Gasteiger partial charge >= 0.3 is 5.97 Å². The fourth-order valence-electron chi connectivity index (χ4n) is 2.23. The van der Waals surface area contributed by atoms with Crippen LogP contribution in [0.4, 0.5) is 0 Å². The van der Waals surface area contributed by atoms with Crippen molar-refractivity contribution >= 4 is 12.0 Å². The Hall–Kier alpha value is -3.60. The molecule has 3 aromatic rings. The zero-order chi connectivity index (χ0) is 18.2. The first-order valence-electron chi connectivity index (χ1n) is 8.01. The van der Waals surface area contributed by atoms with Crippen molar-refractivity contribution in [3.63, 3.8) is 0 Å². The Morgan fingerprint density at radius 3 is 2.46 bits per heavy atom. The summed E-state index contributed by atoms with van der Waals surface area (Å²) >= 11 is 0. The Labute approximate surface area is 151 Å². The summed E-state index contributed by atoms with van der Waals surface area (Å²) in [5.41, 5.74) is 1.46. The quantitative estimate of drug-likeness (QED) is 0.635. The molecule has 1 aromatic heterocycles. The molecule has 0 unspecified atom stereocenters. The number of rotatable bonds is 7. The molecule has 0 amide bonds. The van der Waals surface area contributed by atoms with Crippen molar-refractivity contribution in [1.29, 1.82) is 0 Å². The number of hydrogen-bond acceptors (Lipinski definition) is 4. The van der Waals surface area contributed by atoms with E-state index in [1.807, 2.05) is 54.6 Å². The van der Waals surface area contributed by atoms with E-state index in [0.29, 0.717) is 18.1 Å². The number of pyridine rings is 1. The van der Waals surface area contributed by atoms with E-state index in [9.17, 15) is 4.79 Å². The topological polar surface area (TPSA) is 68.7 Å². The predicted octanol–water partition coefficient (Wildman–Crippen LogP) is 4.55. The van der Waals surface area contributed by atoms with Gasteiger partial charge in [0.15, 0.2) is 0 Å². The van der Waals surface area contributed by atoms with Crippen LogP contribution in [-0.4, -0.2) is 16.1 Å². The molecule has 5 nitrogen and oxygen atoms in total. The van der Waals surface area contributed by atoms with E-state index in [1.165, 1.54) is 6.08 Å². The summed E-state index contributed by atoms with van der Waals surface area (Å²) in [7, 11) is 0. The molecule has 0 atom stereocenters. The smallest absolute Gasteiger partial charge is 0.328 e. The standard InChI is InChI=1S/C21H17NO4/c23-21(24)13-11-17-10-12-19(14-22-17)25-15-16-6-4-5-9-20(16)26-18-7-2-1-3-8-18/h1-14H,15H2,(H,23,24)/b13-11+. The lowest BCUT2D eigenvalue weighted by Crippen LogP contribution is -1.99. The zero-order valence-corrected chi connectivity index (χ0v) is 13.9. The van der Waals surface area contributed by atoms with Crippen LogP contribution in [0.5, 0.6) is 17.2 Å². The largest absolute Gasteiger partial charge is 0.487 e. The molecule has 0 saturated heterocycles. The van der Waals surface area contributed by atoms with Crippen LogP contribution in [0, 0.1) is 0 Å². The van der Waals surface area contributed by atoms with Crippen LogP contribution >= 0.6 is 0 Å². The van der Waals surface area contributed by atoms with Gasteiger partial charge in [-0.25, -0.2) is 4.79 Å². The number of benzene rings is 2. The van der Waals surface area contributed by atoms with Gasteiger partial charge in [-0.3, -0.25) is 4.98 Å². The molecule has 1 heterocycles. The normalized spacial score (nSPS) is 10.6. The van der Waals surface area contributed by atoms with Crippen molar-refractivity contribution in [3.8, 4) is 17.2 Å². The first kappa shape index (κ1) is 17.2. The highest BCUT2D eigenvalue weighted by Gasteiger charge is 2.05. The number of nitrogens with zero attached hydrogens (tertiary/aromatic N) is 1. The van der Waals surface area contributed by atoms with Crippen molar-refractivity contribution in [2.24, 2.45) is 0 Å². The molecule has 0 aliphatic heterocycles. The predicted molar refractivity (Wildman–Crippen MR) is 98.2 cm³/mol. The third kappa shape index (κ3) is 4.95. The van der Waals surface area contributed by atoms with Gasteiger partial charge in [0.25, 0.3) is 0 Å². The average molecular weight is 347 g/mol. The first-order valence-corrected chi connectivity index (χ1v) is 8.01. The van der Waals surface area contributed by atoms with Crippen LogP contribution in [0.3, 0.4) is 0 Å². The van der Waals surface area contributed by atoms with Gasteiger partial charge in [0.2, 0.25) is 0 Å². The molecule has 26 heavy (non-hydrogen) atoms. The van der Waals surface area contributed by atoms with E-state index >= 15 is 0 Å². The summed E-state index contributed by atoms with van der Waals surface area (Å²) < 4.78 is 11.7. The second kappa shape index (κ2) is 8.48. The van der Waals surface area contributed by atoms with E-state index in [0.717, 1.165) is 23.1 Å². The van der Waals surface area contributed by atoms with Gasteiger partial charge in [-0.15, -0.1) is 0 Å². The van der Waals surface area contributed by atoms with Gasteiger partial charge in [-0.1, -0.05) is 36.4 Å². The summed E-state index contributed by atoms with van der Waals surface area (Å²) in [4.78, 5) is 14.7. The molecule has 0 spiro atoms. The fraction of sp³-hybridized carbons (Fsp3) is 0.0476. The van der Waals surface area contributed by atoms with E-state index in [1.54, 1.807) is 18.3 Å². The first-order chi connectivity index (χ1) is 12.7. The number of aliphatic carboxylic acids is 1. The molecular weight excluding hydrogens is 330 g/mol. The molecule has 3 rings (SSSR count). The highest BCUT2D eigenvalue weighted by atomic mass is 16.5. The molecular formula is C21H17NO4. The van der Waals surface area contributed by atoms with Gasteiger partial charge in [0.1, 0.15) is 23.9 Å². The van der Waals surface area contributed by atoms with E-state index in [-0.39, 0.29) is 0 Å². The molecule has 0 aliphatic carbocycles. The number of carboxylic acid groups (broad SMARTS) is 1. The minimum absolute atomic E-state index is 0.328. The van der Waals surface area contributed by atoms with Crippen molar-refractivity contribution in [3.05, 3.63) is 90.3 Å². The molecule has 1 N–H and O–H groups in total. The maximum absolute atomic E-state index is 10.5. The summed E-state index contributed by atoms with van der Waals surface area (Å²) in [6, 6.07) is 20.7. The third-order valence-electron chi connectivity index (χ3n) is 3.49. The lowest BCUT2D eigenvalue weighted by Gasteiger charge is -2.12. The van der Waals surface area contributed by atoms with Crippen LogP contribution in [0.1, 0.15) is 11.3 Å². The Bertz CT molecular complexity index is 889. The van der Waals surface area contributed by atoms with Crippen LogP contribution in [0.15, 0.2) is 79.0 Å². The van der Waals surface area contributed by atoms with Crippen LogP contribution in [-0.2, 0) is 11.4 Å². The van der Waals surface area contributed by atoms with Crippen LogP contribution in [0.25, 0.3) is 6.08 Å². The highest BCUT2D eigenvalue weighted by molar-refractivity contribution is 5.84. The highest BCUT2D eigenvalue weighted by Crippen LogP contribution is 2.26. The maximum Gasteiger partial charge on any atom is 0.328 e. The van der Waals surface area contributed by atoms with Crippen molar-refractivity contribution in [1.82, 2.24) is 4.98 Å². The number of carbonyl (C=O) groups is 1. The molecule has 0 bridgehead atoms. The lowest BCUT2D eigenvalue weighted by molar-refractivity contribution is -0.131. The number of aromatic nitrogens is 1. The Balaban J connectivity index is 1.65. The van der Waals surface area contributed by atoms with Gasteiger partial charge in [-0.05, 0) is 36.4 Å². The summed E-state index contributed by atoms with van der Waals surface area (Å²) in [6.07, 6.45) is 4.03.